The fourth-order valence-electron chi connectivity index (χ4n) is 3.80. The van der Waals surface area contributed by atoms with Gasteiger partial charge in [-0.1, -0.05) is 6.07 Å². The van der Waals surface area contributed by atoms with Crippen LogP contribution < -0.4 is 15.2 Å². The summed E-state index contributed by atoms with van der Waals surface area (Å²) in [5, 5.41) is 5.43. The lowest BCUT2D eigenvalue weighted by Crippen LogP contribution is -2.04. The zero-order chi connectivity index (χ0) is 25.2. The molecule has 2 N–H and O–H groups in total. The minimum atomic E-state index is -0.456. The molecule has 2 aromatic carbocycles. The molecule has 0 fully saturated rings. The number of benzene rings is 2. The van der Waals surface area contributed by atoms with E-state index in [0.717, 1.165) is 16.8 Å². The molecule has 0 aliphatic rings. The van der Waals surface area contributed by atoms with E-state index < -0.39 is 5.82 Å². The molecule has 0 spiro atoms. The number of anilines is 1. The van der Waals surface area contributed by atoms with Crippen LogP contribution in [-0.4, -0.2) is 24.7 Å². The number of pyridine rings is 1. The highest BCUT2D eigenvalue weighted by Gasteiger charge is 2.18. The molecule has 0 saturated heterocycles. The summed E-state index contributed by atoms with van der Waals surface area (Å²) in [5.74, 6) is 1.14. The van der Waals surface area contributed by atoms with E-state index in [-0.39, 0.29) is 12.6 Å². The number of nitrogens with zero attached hydrogens (tertiary/aromatic N) is 5. The van der Waals surface area contributed by atoms with Gasteiger partial charge in [-0.05, 0) is 51.1 Å². The zero-order valence-corrected chi connectivity index (χ0v) is 20.1. The molecule has 0 aliphatic carbocycles. The molecule has 5 rings (SSSR count). The number of ether oxygens (including phenoxy) is 2. The molecule has 0 aliphatic heterocycles. The Morgan fingerprint density at radius 1 is 0.944 bits per heavy atom. The van der Waals surface area contributed by atoms with Gasteiger partial charge in [-0.2, -0.15) is 5.10 Å². The summed E-state index contributed by atoms with van der Waals surface area (Å²) >= 11 is 0. The summed E-state index contributed by atoms with van der Waals surface area (Å²) in [7, 11) is 0. The summed E-state index contributed by atoms with van der Waals surface area (Å²) in [4.78, 5) is 12.7. The first kappa shape index (κ1) is 23.2. The SMILES string of the molecule is Cc1ccc(COc2cc(F)cc(Oc3ccc(-c4nn(C(C)C)c5ncnc(N)c45)cc3)c2)cn1. The topological polar surface area (TPSA) is 101 Å². The number of rotatable bonds is 7. The molecule has 3 aromatic heterocycles. The van der Waals surface area contributed by atoms with Crippen molar-refractivity contribution in [3.05, 3.63) is 84.2 Å². The lowest BCUT2D eigenvalue weighted by molar-refractivity contribution is 0.302. The molecule has 0 bridgehead atoms. The van der Waals surface area contributed by atoms with Crippen LogP contribution in [0, 0.1) is 12.7 Å². The van der Waals surface area contributed by atoms with Gasteiger partial charge in [0.05, 0.1) is 5.39 Å². The third-order valence-electron chi connectivity index (χ3n) is 5.59. The molecule has 5 aromatic rings. The smallest absolute Gasteiger partial charge is 0.164 e. The molecule has 182 valence electrons. The van der Waals surface area contributed by atoms with Gasteiger partial charge in [-0.25, -0.2) is 19.0 Å². The van der Waals surface area contributed by atoms with Gasteiger partial charge < -0.3 is 15.2 Å². The van der Waals surface area contributed by atoms with Crippen LogP contribution in [0.1, 0.15) is 31.1 Å². The fourth-order valence-corrected chi connectivity index (χ4v) is 3.80. The highest BCUT2D eigenvalue weighted by atomic mass is 19.1. The van der Waals surface area contributed by atoms with Crippen molar-refractivity contribution in [3.63, 3.8) is 0 Å². The number of nitrogen functional groups attached to an aromatic ring is 1. The van der Waals surface area contributed by atoms with Crippen molar-refractivity contribution in [2.45, 2.75) is 33.4 Å². The van der Waals surface area contributed by atoms with Crippen LogP contribution in [0.4, 0.5) is 10.2 Å². The predicted octanol–water partition coefficient (Wildman–Crippen LogP) is 5.87. The summed E-state index contributed by atoms with van der Waals surface area (Å²) in [6.45, 7) is 6.24. The molecule has 0 saturated carbocycles. The van der Waals surface area contributed by atoms with Gasteiger partial charge in [0.15, 0.2) is 5.65 Å². The average molecular weight is 485 g/mol. The van der Waals surface area contributed by atoms with E-state index in [1.54, 1.807) is 24.4 Å². The molecule has 0 amide bonds. The van der Waals surface area contributed by atoms with Gasteiger partial charge in [0.2, 0.25) is 0 Å². The molecule has 3 heterocycles. The van der Waals surface area contributed by atoms with Gasteiger partial charge in [0, 0.05) is 47.3 Å². The van der Waals surface area contributed by atoms with Gasteiger partial charge >= 0.3 is 0 Å². The third kappa shape index (κ3) is 4.81. The largest absolute Gasteiger partial charge is 0.489 e. The van der Waals surface area contributed by atoms with Crippen LogP contribution in [0.5, 0.6) is 17.2 Å². The molecular weight excluding hydrogens is 459 g/mol. The molecular formula is C27H25FN6O2. The number of hydrogen-bond donors (Lipinski definition) is 1. The number of hydrogen-bond acceptors (Lipinski definition) is 7. The van der Waals surface area contributed by atoms with Crippen molar-refractivity contribution >= 4 is 16.9 Å². The van der Waals surface area contributed by atoms with Crippen molar-refractivity contribution in [1.82, 2.24) is 24.7 Å². The van der Waals surface area contributed by atoms with Crippen LogP contribution >= 0.6 is 0 Å². The normalized spacial score (nSPS) is 11.2. The zero-order valence-electron chi connectivity index (χ0n) is 20.1. The number of aromatic nitrogens is 5. The Balaban J connectivity index is 1.36. The average Bonchev–Trinajstić information content (AvgIpc) is 3.25. The van der Waals surface area contributed by atoms with Crippen LogP contribution in [-0.2, 0) is 6.61 Å². The van der Waals surface area contributed by atoms with E-state index in [2.05, 4.69) is 15.0 Å². The summed E-state index contributed by atoms with van der Waals surface area (Å²) < 4.78 is 27.7. The van der Waals surface area contributed by atoms with Crippen molar-refractivity contribution in [2.75, 3.05) is 5.73 Å². The van der Waals surface area contributed by atoms with Gasteiger partial charge in [0.25, 0.3) is 0 Å². The van der Waals surface area contributed by atoms with E-state index in [4.69, 9.17) is 20.3 Å². The summed E-state index contributed by atoms with van der Waals surface area (Å²) in [5.41, 5.74) is 10.2. The fraction of sp³-hybridized carbons (Fsp3) is 0.185. The van der Waals surface area contributed by atoms with E-state index in [1.165, 1.54) is 18.5 Å². The summed E-state index contributed by atoms with van der Waals surface area (Å²) in [6.07, 6.45) is 3.17. The van der Waals surface area contributed by atoms with Crippen molar-refractivity contribution < 1.29 is 13.9 Å². The first-order valence-electron chi connectivity index (χ1n) is 11.5. The molecule has 0 atom stereocenters. The maximum absolute atomic E-state index is 14.2. The monoisotopic (exact) mass is 484 g/mol. The van der Waals surface area contributed by atoms with Crippen LogP contribution in [0.15, 0.2) is 67.1 Å². The first-order valence-corrected chi connectivity index (χ1v) is 11.5. The van der Waals surface area contributed by atoms with Crippen molar-refractivity contribution in [1.29, 1.82) is 0 Å². The van der Waals surface area contributed by atoms with Crippen molar-refractivity contribution in [3.8, 4) is 28.5 Å². The minimum absolute atomic E-state index is 0.102. The second kappa shape index (κ2) is 9.61. The summed E-state index contributed by atoms with van der Waals surface area (Å²) in [6, 6.07) is 15.5. The maximum atomic E-state index is 14.2. The number of nitrogens with two attached hydrogens (primary N) is 1. The predicted molar refractivity (Wildman–Crippen MR) is 135 cm³/mol. The molecule has 8 nitrogen and oxygen atoms in total. The molecule has 0 unspecified atom stereocenters. The minimum Gasteiger partial charge on any atom is -0.489 e. The van der Waals surface area contributed by atoms with Crippen LogP contribution in [0.3, 0.4) is 0 Å². The first-order chi connectivity index (χ1) is 17.4. The Morgan fingerprint density at radius 2 is 1.72 bits per heavy atom. The van der Waals surface area contributed by atoms with E-state index in [0.29, 0.717) is 39.8 Å². The maximum Gasteiger partial charge on any atom is 0.164 e. The quantitative estimate of drug-likeness (QED) is 0.308. The Morgan fingerprint density at radius 3 is 2.44 bits per heavy atom. The van der Waals surface area contributed by atoms with Crippen molar-refractivity contribution in [2.24, 2.45) is 0 Å². The Kier molecular flexibility index (Phi) is 6.20. The van der Waals surface area contributed by atoms with Gasteiger partial charge in [-0.3, -0.25) is 4.98 Å². The van der Waals surface area contributed by atoms with E-state index in [1.807, 2.05) is 49.7 Å². The number of halogens is 1. The highest BCUT2D eigenvalue weighted by Crippen LogP contribution is 2.33. The van der Waals surface area contributed by atoms with Crippen LogP contribution in [0.2, 0.25) is 0 Å². The lowest BCUT2D eigenvalue weighted by Gasteiger charge is -2.10. The highest BCUT2D eigenvalue weighted by molar-refractivity contribution is 5.98. The van der Waals surface area contributed by atoms with Gasteiger partial charge in [0.1, 0.15) is 47.5 Å². The Hall–Kier alpha value is -4.53. The van der Waals surface area contributed by atoms with E-state index in [9.17, 15) is 4.39 Å². The third-order valence-corrected chi connectivity index (χ3v) is 5.59. The van der Waals surface area contributed by atoms with E-state index >= 15 is 0 Å². The Bertz CT molecular complexity index is 1510. The molecule has 9 heteroatoms. The van der Waals surface area contributed by atoms with Crippen LogP contribution in [0.25, 0.3) is 22.3 Å². The number of fused-ring (bicyclic) bond motifs is 1. The van der Waals surface area contributed by atoms with Gasteiger partial charge in [-0.15, -0.1) is 0 Å². The Labute approximate surface area is 207 Å². The second-order valence-corrected chi connectivity index (χ2v) is 8.69. The second-order valence-electron chi connectivity index (χ2n) is 8.69. The standard InChI is InChI=1S/C27H25FN6O2/c1-16(2)34-27-24(26(29)31-15-32-27)25(33-34)19-6-8-21(9-7-19)36-23-11-20(28)10-22(12-23)35-14-18-5-4-17(3)30-13-18/h4-13,15-16H,14H2,1-3H3,(H2,29,31,32). The lowest BCUT2D eigenvalue weighted by atomic mass is 10.1. The molecule has 0 radical (unpaired) electrons. The molecule has 36 heavy (non-hydrogen) atoms. The number of aryl methyl sites for hydroxylation is 1.